The van der Waals surface area contributed by atoms with E-state index in [9.17, 15) is 8.78 Å². The Bertz CT molecular complexity index is 513. The topological polar surface area (TPSA) is 27.0 Å². The molecule has 0 unspecified atom stereocenters. The maximum Gasteiger partial charge on any atom is 0.183 e. The Hall–Kier alpha value is -1.63. The van der Waals surface area contributed by atoms with Crippen molar-refractivity contribution in [2.75, 3.05) is 11.4 Å². The van der Waals surface area contributed by atoms with Crippen molar-refractivity contribution in [2.24, 2.45) is 5.92 Å². The van der Waals surface area contributed by atoms with Gasteiger partial charge in [0.05, 0.1) is 11.3 Å². The smallest absolute Gasteiger partial charge is 0.183 e. The van der Waals surface area contributed by atoms with Crippen molar-refractivity contribution in [3.05, 3.63) is 29.3 Å². The first kappa shape index (κ1) is 11.5. The van der Waals surface area contributed by atoms with Gasteiger partial charge in [0.2, 0.25) is 0 Å². The number of halogens is 2. The number of nitriles is 1. The van der Waals surface area contributed by atoms with Crippen molar-refractivity contribution in [1.29, 1.82) is 5.26 Å². The summed E-state index contributed by atoms with van der Waals surface area (Å²) in [5.41, 5.74) is 0.0966. The number of nitrogens with zero attached hydrogens (tertiary/aromatic N) is 2. The Morgan fingerprint density at radius 3 is 2.44 bits per heavy atom. The lowest BCUT2D eigenvalue weighted by atomic mass is 10.1. The van der Waals surface area contributed by atoms with E-state index in [4.69, 9.17) is 5.26 Å². The third-order valence-electron chi connectivity index (χ3n) is 3.63. The molecule has 94 valence electrons. The van der Waals surface area contributed by atoms with Crippen LogP contribution >= 0.6 is 0 Å². The second kappa shape index (κ2) is 4.24. The third kappa shape index (κ3) is 2.05. The Morgan fingerprint density at radius 2 is 1.89 bits per heavy atom. The molecule has 0 aromatic heterocycles. The molecule has 4 heteroatoms. The van der Waals surface area contributed by atoms with Gasteiger partial charge in [0.25, 0.3) is 0 Å². The molecule has 0 saturated heterocycles. The van der Waals surface area contributed by atoms with Gasteiger partial charge in [-0.1, -0.05) is 0 Å². The molecule has 2 fully saturated rings. The van der Waals surface area contributed by atoms with Gasteiger partial charge in [0, 0.05) is 12.6 Å². The number of hydrogen-bond acceptors (Lipinski definition) is 2. The standard InChI is InChI=1S/C14H14F2N2/c15-13-10(7-17)3-6-12(14(13)16)18(11-4-5-11)8-9-1-2-9/h3,6,9,11H,1-2,4-5,8H2. The Balaban J connectivity index is 1.93. The van der Waals surface area contributed by atoms with Crippen LogP contribution in [0.5, 0.6) is 0 Å². The quantitative estimate of drug-likeness (QED) is 0.818. The van der Waals surface area contributed by atoms with Crippen LogP contribution in [0.2, 0.25) is 0 Å². The second-order valence-electron chi connectivity index (χ2n) is 5.20. The highest BCUT2D eigenvalue weighted by molar-refractivity contribution is 5.53. The van der Waals surface area contributed by atoms with Crippen molar-refractivity contribution >= 4 is 5.69 Å². The van der Waals surface area contributed by atoms with Crippen LogP contribution in [0.25, 0.3) is 0 Å². The van der Waals surface area contributed by atoms with Crippen LogP contribution in [0.4, 0.5) is 14.5 Å². The molecule has 2 aliphatic carbocycles. The summed E-state index contributed by atoms with van der Waals surface area (Å²) < 4.78 is 27.6. The van der Waals surface area contributed by atoms with Gasteiger partial charge in [0.15, 0.2) is 11.6 Å². The Morgan fingerprint density at radius 1 is 1.17 bits per heavy atom. The molecule has 0 aliphatic heterocycles. The summed E-state index contributed by atoms with van der Waals surface area (Å²) in [6.07, 6.45) is 4.47. The minimum absolute atomic E-state index is 0.224. The Kier molecular flexibility index (Phi) is 2.70. The first-order valence-electron chi connectivity index (χ1n) is 6.35. The number of benzene rings is 1. The Labute approximate surface area is 105 Å². The summed E-state index contributed by atoms with van der Waals surface area (Å²) in [7, 11) is 0. The summed E-state index contributed by atoms with van der Waals surface area (Å²) in [6, 6.07) is 4.93. The largest absolute Gasteiger partial charge is 0.366 e. The average molecular weight is 248 g/mol. The summed E-state index contributed by atoms with van der Waals surface area (Å²) >= 11 is 0. The zero-order valence-corrected chi connectivity index (χ0v) is 10.00. The van der Waals surface area contributed by atoms with Crippen LogP contribution < -0.4 is 4.90 Å². The second-order valence-corrected chi connectivity index (χ2v) is 5.20. The van der Waals surface area contributed by atoms with E-state index in [1.165, 1.54) is 25.0 Å². The van der Waals surface area contributed by atoms with Crippen molar-refractivity contribution in [2.45, 2.75) is 31.7 Å². The molecule has 3 rings (SSSR count). The summed E-state index contributed by atoms with van der Waals surface area (Å²) in [6.45, 7) is 0.812. The molecule has 18 heavy (non-hydrogen) atoms. The summed E-state index contributed by atoms with van der Waals surface area (Å²) in [4.78, 5) is 1.98. The van der Waals surface area contributed by atoms with Gasteiger partial charge in [-0.2, -0.15) is 5.26 Å². The molecular formula is C14H14F2N2. The molecule has 1 aromatic rings. The van der Waals surface area contributed by atoms with Crippen LogP contribution in [0.3, 0.4) is 0 Å². The van der Waals surface area contributed by atoms with E-state index in [0.29, 0.717) is 17.6 Å². The van der Waals surface area contributed by atoms with E-state index in [-0.39, 0.29) is 5.56 Å². The van der Waals surface area contributed by atoms with Crippen molar-refractivity contribution < 1.29 is 8.78 Å². The fraction of sp³-hybridized carbons (Fsp3) is 0.500. The molecular weight excluding hydrogens is 234 g/mol. The number of rotatable bonds is 4. The molecule has 2 nitrogen and oxygen atoms in total. The molecule has 0 radical (unpaired) electrons. The van der Waals surface area contributed by atoms with Crippen LogP contribution in [-0.2, 0) is 0 Å². The van der Waals surface area contributed by atoms with Crippen molar-refractivity contribution in [3.63, 3.8) is 0 Å². The van der Waals surface area contributed by atoms with Crippen LogP contribution in [0.1, 0.15) is 31.2 Å². The van der Waals surface area contributed by atoms with Crippen molar-refractivity contribution in [3.8, 4) is 6.07 Å². The van der Waals surface area contributed by atoms with Gasteiger partial charge >= 0.3 is 0 Å². The van der Waals surface area contributed by atoms with Crippen molar-refractivity contribution in [1.82, 2.24) is 0 Å². The SMILES string of the molecule is N#Cc1ccc(N(CC2CC2)C2CC2)c(F)c1F. The lowest BCUT2D eigenvalue weighted by molar-refractivity contribution is 0.502. The first-order chi connectivity index (χ1) is 8.70. The van der Waals surface area contributed by atoms with Gasteiger partial charge in [-0.3, -0.25) is 0 Å². The average Bonchev–Trinajstić information content (AvgIpc) is 3.24. The van der Waals surface area contributed by atoms with E-state index < -0.39 is 11.6 Å². The summed E-state index contributed by atoms with van der Waals surface area (Å²) in [5.74, 6) is -1.26. The first-order valence-corrected chi connectivity index (χ1v) is 6.35. The normalized spacial score (nSPS) is 18.5. The monoisotopic (exact) mass is 248 g/mol. The highest BCUT2D eigenvalue weighted by atomic mass is 19.2. The van der Waals surface area contributed by atoms with E-state index in [1.54, 1.807) is 6.07 Å². The van der Waals surface area contributed by atoms with Gasteiger partial charge in [-0.05, 0) is 43.7 Å². The molecule has 0 atom stereocenters. The van der Waals surface area contributed by atoms with Gasteiger partial charge in [-0.25, -0.2) is 8.78 Å². The van der Waals surface area contributed by atoms with E-state index in [1.807, 2.05) is 4.90 Å². The molecule has 2 saturated carbocycles. The molecule has 2 aliphatic rings. The van der Waals surface area contributed by atoms with E-state index in [2.05, 4.69) is 0 Å². The van der Waals surface area contributed by atoms with Crippen LogP contribution in [-0.4, -0.2) is 12.6 Å². The molecule has 0 spiro atoms. The lowest BCUT2D eigenvalue weighted by Gasteiger charge is -2.25. The molecule has 0 amide bonds. The number of hydrogen-bond donors (Lipinski definition) is 0. The minimum atomic E-state index is -1.02. The molecule has 1 aromatic carbocycles. The maximum absolute atomic E-state index is 14.0. The predicted octanol–water partition coefficient (Wildman–Crippen LogP) is 3.22. The fourth-order valence-corrected chi connectivity index (χ4v) is 2.26. The minimum Gasteiger partial charge on any atom is -0.366 e. The zero-order chi connectivity index (χ0) is 12.7. The van der Waals surface area contributed by atoms with E-state index in [0.717, 1.165) is 19.4 Å². The van der Waals surface area contributed by atoms with Crippen LogP contribution in [0, 0.1) is 28.9 Å². The highest BCUT2D eigenvalue weighted by Crippen LogP contribution is 2.39. The third-order valence-corrected chi connectivity index (χ3v) is 3.63. The lowest BCUT2D eigenvalue weighted by Crippen LogP contribution is -2.29. The summed E-state index contributed by atoms with van der Waals surface area (Å²) in [5, 5.41) is 8.68. The van der Waals surface area contributed by atoms with Gasteiger partial charge < -0.3 is 4.90 Å². The molecule has 0 heterocycles. The van der Waals surface area contributed by atoms with Crippen LogP contribution in [0.15, 0.2) is 12.1 Å². The highest BCUT2D eigenvalue weighted by Gasteiger charge is 2.35. The molecule has 0 bridgehead atoms. The van der Waals surface area contributed by atoms with Gasteiger partial charge in [0.1, 0.15) is 6.07 Å². The van der Waals surface area contributed by atoms with Gasteiger partial charge in [-0.15, -0.1) is 0 Å². The molecule has 0 N–H and O–H groups in total. The predicted molar refractivity (Wildman–Crippen MR) is 64.2 cm³/mol. The maximum atomic E-state index is 14.0. The van der Waals surface area contributed by atoms with E-state index >= 15 is 0 Å². The zero-order valence-electron chi connectivity index (χ0n) is 10.00. The number of anilines is 1. The fourth-order valence-electron chi connectivity index (χ4n) is 2.26.